The van der Waals surface area contributed by atoms with Crippen molar-refractivity contribution in [3.8, 4) is 11.1 Å². The normalized spacial score (nSPS) is 10.5. The number of hydrogen-bond donors (Lipinski definition) is 2. The summed E-state index contributed by atoms with van der Waals surface area (Å²) in [7, 11) is 0. The number of rotatable bonds is 2. The van der Waals surface area contributed by atoms with Gasteiger partial charge in [0.25, 0.3) is 0 Å². The van der Waals surface area contributed by atoms with Crippen molar-refractivity contribution in [2.24, 2.45) is 0 Å². The second-order valence-electron chi connectivity index (χ2n) is 3.49. The minimum absolute atomic E-state index is 0.762. The first-order chi connectivity index (χ1) is 7.24. The molecule has 0 radical (unpaired) electrons. The lowest BCUT2D eigenvalue weighted by Gasteiger charge is -2.06. The number of aromatic nitrogens is 1. The third-order valence-electron chi connectivity index (χ3n) is 2.60. The Morgan fingerprint density at radius 3 is 2.40 bits per heavy atom. The highest BCUT2D eigenvalue weighted by Crippen LogP contribution is 2.31. The summed E-state index contributed by atoms with van der Waals surface area (Å²) in [6, 6.07) is 9.77. The molecule has 0 saturated carbocycles. The Morgan fingerprint density at radius 2 is 1.80 bits per heavy atom. The zero-order chi connectivity index (χ0) is 10.8. The number of benzene rings is 1. The van der Waals surface area contributed by atoms with Crippen LogP contribution < -0.4 is 11.5 Å². The molecule has 4 N–H and O–H groups in total. The quantitative estimate of drug-likeness (QED) is 0.733. The van der Waals surface area contributed by atoms with E-state index in [1.54, 1.807) is 0 Å². The van der Waals surface area contributed by atoms with Crippen LogP contribution in [0.25, 0.3) is 11.1 Å². The molecule has 0 aliphatic carbocycles. The summed E-state index contributed by atoms with van der Waals surface area (Å²) in [5, 5.41) is 0. The molecule has 78 valence electrons. The van der Waals surface area contributed by atoms with Crippen molar-refractivity contribution >= 4 is 11.5 Å². The maximum atomic E-state index is 6.02. The second-order valence-corrected chi connectivity index (χ2v) is 3.49. The molecule has 0 spiro atoms. The highest BCUT2D eigenvalue weighted by molar-refractivity contribution is 5.83. The molecule has 2 rings (SSSR count). The van der Waals surface area contributed by atoms with Gasteiger partial charge in [0.2, 0.25) is 0 Å². The topological polar surface area (TPSA) is 57.0 Å². The second kappa shape index (κ2) is 3.69. The fourth-order valence-electron chi connectivity index (χ4n) is 1.73. The van der Waals surface area contributed by atoms with Crippen LogP contribution in [0.15, 0.2) is 36.5 Å². The van der Waals surface area contributed by atoms with Gasteiger partial charge in [0.1, 0.15) is 5.82 Å². The monoisotopic (exact) mass is 201 g/mol. The predicted octanol–water partition coefficient (Wildman–Crippen LogP) is 2.34. The fraction of sp³-hybridized carbons (Fsp3) is 0.167. The molecule has 1 heterocycles. The first-order valence-electron chi connectivity index (χ1n) is 5.03. The van der Waals surface area contributed by atoms with E-state index in [1.807, 2.05) is 41.1 Å². The van der Waals surface area contributed by atoms with E-state index < -0.39 is 0 Å². The van der Waals surface area contributed by atoms with Gasteiger partial charge in [0, 0.05) is 29.6 Å². The summed E-state index contributed by atoms with van der Waals surface area (Å²) < 4.78 is 2.00. The predicted molar refractivity (Wildman–Crippen MR) is 64.4 cm³/mol. The Bertz CT molecular complexity index is 471. The van der Waals surface area contributed by atoms with E-state index >= 15 is 0 Å². The molecule has 2 aromatic rings. The summed E-state index contributed by atoms with van der Waals surface area (Å²) in [5.41, 5.74) is 14.7. The molecule has 15 heavy (non-hydrogen) atoms. The Balaban J connectivity index is 2.55. The summed E-state index contributed by atoms with van der Waals surface area (Å²) in [6.07, 6.45) is 1.98. The van der Waals surface area contributed by atoms with Crippen LogP contribution in [0.5, 0.6) is 0 Å². The molecule has 0 bridgehead atoms. The van der Waals surface area contributed by atoms with Gasteiger partial charge in [-0.05, 0) is 19.1 Å². The highest BCUT2D eigenvalue weighted by atomic mass is 15.0. The molecule has 3 heteroatoms. The Morgan fingerprint density at radius 1 is 1.07 bits per heavy atom. The van der Waals surface area contributed by atoms with Crippen LogP contribution in [0, 0.1) is 0 Å². The van der Waals surface area contributed by atoms with E-state index in [4.69, 9.17) is 11.5 Å². The van der Waals surface area contributed by atoms with Crippen LogP contribution in [0.1, 0.15) is 6.92 Å². The number of hydrogen-bond acceptors (Lipinski definition) is 2. The van der Waals surface area contributed by atoms with E-state index in [-0.39, 0.29) is 0 Å². The van der Waals surface area contributed by atoms with Crippen LogP contribution in [-0.2, 0) is 6.54 Å². The lowest BCUT2D eigenvalue weighted by atomic mass is 10.1. The lowest BCUT2D eigenvalue weighted by molar-refractivity contribution is 0.780. The van der Waals surface area contributed by atoms with Crippen molar-refractivity contribution in [3.05, 3.63) is 36.5 Å². The summed E-state index contributed by atoms with van der Waals surface area (Å²) in [5.74, 6) is 0.774. The van der Waals surface area contributed by atoms with Gasteiger partial charge in [-0.2, -0.15) is 0 Å². The number of nitrogens with zero attached hydrogens (tertiary/aromatic N) is 1. The van der Waals surface area contributed by atoms with Gasteiger partial charge >= 0.3 is 0 Å². The summed E-state index contributed by atoms with van der Waals surface area (Å²) in [6.45, 7) is 2.94. The maximum Gasteiger partial charge on any atom is 0.111 e. The fourth-order valence-corrected chi connectivity index (χ4v) is 1.73. The van der Waals surface area contributed by atoms with Crippen LogP contribution in [0.4, 0.5) is 11.5 Å². The average Bonchev–Trinajstić information content (AvgIpc) is 2.60. The molecular weight excluding hydrogens is 186 g/mol. The minimum atomic E-state index is 0.762. The molecule has 0 fully saturated rings. The van der Waals surface area contributed by atoms with Gasteiger partial charge in [-0.25, -0.2) is 0 Å². The number of nitrogen functional groups attached to an aromatic ring is 2. The lowest BCUT2D eigenvalue weighted by Crippen LogP contribution is -2.00. The van der Waals surface area contributed by atoms with E-state index in [2.05, 4.69) is 6.92 Å². The van der Waals surface area contributed by atoms with E-state index in [1.165, 1.54) is 0 Å². The SMILES string of the molecule is CCn1ccc(-c2ccccc2N)c1N. The van der Waals surface area contributed by atoms with E-state index in [0.29, 0.717) is 0 Å². The van der Waals surface area contributed by atoms with Crippen LogP contribution >= 0.6 is 0 Å². The van der Waals surface area contributed by atoms with Gasteiger partial charge in [0.05, 0.1) is 0 Å². The van der Waals surface area contributed by atoms with Crippen molar-refractivity contribution in [2.75, 3.05) is 11.5 Å². The third kappa shape index (κ3) is 1.56. The van der Waals surface area contributed by atoms with E-state index in [9.17, 15) is 0 Å². The number of anilines is 2. The largest absolute Gasteiger partial charge is 0.398 e. The molecule has 1 aromatic carbocycles. The van der Waals surface area contributed by atoms with Crippen molar-refractivity contribution in [3.63, 3.8) is 0 Å². The molecule has 0 saturated heterocycles. The van der Waals surface area contributed by atoms with Crippen LogP contribution in [0.2, 0.25) is 0 Å². The molecule has 0 aliphatic rings. The standard InChI is InChI=1S/C12H15N3/c1-2-15-8-7-10(12(15)14)9-5-3-4-6-11(9)13/h3-8H,2,13-14H2,1H3. The summed E-state index contributed by atoms with van der Waals surface area (Å²) >= 11 is 0. The smallest absolute Gasteiger partial charge is 0.111 e. The molecular formula is C12H15N3. The maximum absolute atomic E-state index is 6.02. The summed E-state index contributed by atoms with van der Waals surface area (Å²) in [4.78, 5) is 0. The first kappa shape index (κ1) is 9.65. The Hall–Kier alpha value is -1.90. The van der Waals surface area contributed by atoms with E-state index in [0.717, 1.165) is 29.2 Å². The number of nitrogens with two attached hydrogens (primary N) is 2. The molecule has 0 unspecified atom stereocenters. The van der Waals surface area contributed by atoms with Crippen molar-refractivity contribution in [1.82, 2.24) is 4.57 Å². The van der Waals surface area contributed by atoms with Crippen molar-refractivity contribution in [1.29, 1.82) is 0 Å². The molecule has 1 aromatic heterocycles. The number of aryl methyl sites for hydroxylation is 1. The molecule has 3 nitrogen and oxygen atoms in total. The Kier molecular flexibility index (Phi) is 2.37. The zero-order valence-corrected chi connectivity index (χ0v) is 8.77. The van der Waals surface area contributed by atoms with Gasteiger partial charge in [-0.15, -0.1) is 0 Å². The third-order valence-corrected chi connectivity index (χ3v) is 2.60. The first-order valence-corrected chi connectivity index (χ1v) is 5.03. The van der Waals surface area contributed by atoms with Gasteiger partial charge in [0.15, 0.2) is 0 Å². The average molecular weight is 201 g/mol. The molecule has 0 amide bonds. The molecule has 0 atom stereocenters. The van der Waals surface area contributed by atoms with Crippen molar-refractivity contribution in [2.45, 2.75) is 13.5 Å². The van der Waals surface area contributed by atoms with Gasteiger partial charge < -0.3 is 16.0 Å². The van der Waals surface area contributed by atoms with Crippen molar-refractivity contribution < 1.29 is 0 Å². The Labute approximate surface area is 89.3 Å². The minimum Gasteiger partial charge on any atom is -0.398 e. The highest BCUT2D eigenvalue weighted by Gasteiger charge is 2.08. The zero-order valence-electron chi connectivity index (χ0n) is 8.77. The van der Waals surface area contributed by atoms with Gasteiger partial charge in [-0.1, -0.05) is 18.2 Å². The molecule has 0 aliphatic heterocycles. The number of para-hydroxylation sites is 1. The van der Waals surface area contributed by atoms with Crippen LogP contribution in [-0.4, -0.2) is 4.57 Å². The van der Waals surface area contributed by atoms with Gasteiger partial charge in [-0.3, -0.25) is 0 Å². The van der Waals surface area contributed by atoms with Crippen LogP contribution in [0.3, 0.4) is 0 Å².